The van der Waals surface area contributed by atoms with E-state index in [9.17, 15) is 35.9 Å². The van der Waals surface area contributed by atoms with E-state index in [1.165, 1.54) is 61.4 Å². The van der Waals surface area contributed by atoms with E-state index in [1.54, 1.807) is 26.1 Å². The van der Waals surface area contributed by atoms with Gasteiger partial charge in [0.25, 0.3) is 11.1 Å². The summed E-state index contributed by atoms with van der Waals surface area (Å²) in [6.07, 6.45) is 5.87. The number of benzene rings is 2. The van der Waals surface area contributed by atoms with Gasteiger partial charge in [-0.25, -0.2) is 35.7 Å². The van der Waals surface area contributed by atoms with Crippen molar-refractivity contribution >= 4 is 11.6 Å². The summed E-state index contributed by atoms with van der Waals surface area (Å²) in [5, 5.41) is 8.36. The van der Waals surface area contributed by atoms with Crippen LogP contribution in [0, 0.1) is 34.9 Å². The van der Waals surface area contributed by atoms with Crippen molar-refractivity contribution < 1.29 is 26.3 Å². The molecular formula is C32H23ClF6N6O2. The number of pyridine rings is 2. The average molecular weight is 673 g/mol. The quantitative estimate of drug-likeness (QED) is 0.180. The fourth-order valence-electron chi connectivity index (χ4n) is 5.04. The Kier molecular flexibility index (Phi) is 9.51. The van der Waals surface area contributed by atoms with Gasteiger partial charge < -0.3 is 9.13 Å². The molecule has 4 heterocycles. The van der Waals surface area contributed by atoms with Crippen LogP contribution in [-0.2, 0) is 13.1 Å². The monoisotopic (exact) mass is 672 g/mol. The molecule has 0 saturated heterocycles. The molecule has 0 spiro atoms. The molecule has 15 heteroatoms. The highest BCUT2D eigenvalue weighted by atomic mass is 35.5. The summed E-state index contributed by atoms with van der Waals surface area (Å²) in [4.78, 5) is 24.2. The van der Waals surface area contributed by atoms with Crippen LogP contribution in [0.3, 0.4) is 0 Å². The fraction of sp³-hybridized carbons (Fsp3) is 0.125. The lowest BCUT2D eigenvalue weighted by Gasteiger charge is -2.17. The van der Waals surface area contributed by atoms with Crippen molar-refractivity contribution in [2.45, 2.75) is 26.9 Å². The van der Waals surface area contributed by atoms with Crippen LogP contribution in [0.1, 0.15) is 13.8 Å². The zero-order chi connectivity index (χ0) is 34.0. The van der Waals surface area contributed by atoms with Gasteiger partial charge in [0.1, 0.15) is 34.9 Å². The largest absolute Gasteiger partial charge is 0.306 e. The Morgan fingerprint density at radius 1 is 0.660 bits per heavy atom. The molecule has 6 rings (SSSR count). The molecule has 0 aliphatic rings. The van der Waals surface area contributed by atoms with Crippen molar-refractivity contribution in [3.05, 3.63) is 140 Å². The molecule has 0 unspecified atom stereocenters. The maximum absolute atomic E-state index is 14.3. The standard InChI is InChI=1S/C16H11ClF3N3O.C16H12F3N3O/c1-2-22-14(24)4-3-13(23-8-9(17)7-21-23)16(22)15-11(19)5-10(18)6-12(15)20;1-2-21-14(23)5-4-13(22-7-3-6-20-22)16(21)15-11(18)8-10(17)9-12(15)19/h3-8H,2H2,1H3;3-9H,2H2,1H3. The van der Waals surface area contributed by atoms with E-state index in [0.717, 1.165) is 0 Å². The minimum atomic E-state index is -1.11. The zero-order valence-corrected chi connectivity index (χ0v) is 25.3. The van der Waals surface area contributed by atoms with Gasteiger partial charge in [0.2, 0.25) is 0 Å². The summed E-state index contributed by atoms with van der Waals surface area (Å²) in [5.41, 5.74) is -1.29. The second kappa shape index (κ2) is 13.5. The van der Waals surface area contributed by atoms with Gasteiger partial charge in [-0.15, -0.1) is 0 Å². The Hall–Kier alpha value is -5.37. The molecule has 4 aromatic heterocycles. The van der Waals surface area contributed by atoms with Gasteiger partial charge in [-0.3, -0.25) is 9.59 Å². The number of aromatic nitrogens is 6. The smallest absolute Gasteiger partial charge is 0.251 e. The van der Waals surface area contributed by atoms with Crippen molar-refractivity contribution in [2.75, 3.05) is 0 Å². The van der Waals surface area contributed by atoms with Crippen molar-refractivity contribution in [1.82, 2.24) is 28.7 Å². The molecule has 0 amide bonds. The van der Waals surface area contributed by atoms with E-state index in [-0.39, 0.29) is 30.2 Å². The lowest BCUT2D eigenvalue weighted by Crippen LogP contribution is -2.22. The highest BCUT2D eigenvalue weighted by Crippen LogP contribution is 2.32. The predicted octanol–water partition coefficient (Wildman–Crippen LogP) is 6.93. The summed E-state index contributed by atoms with van der Waals surface area (Å²) in [6.45, 7) is 3.69. The molecule has 0 bridgehead atoms. The van der Waals surface area contributed by atoms with Crippen LogP contribution in [0.4, 0.5) is 26.3 Å². The minimum Gasteiger partial charge on any atom is -0.306 e. The molecular weight excluding hydrogens is 650 g/mol. The van der Waals surface area contributed by atoms with Crippen LogP contribution in [0.15, 0.2) is 89.0 Å². The molecule has 6 aromatic rings. The van der Waals surface area contributed by atoms with Gasteiger partial charge >= 0.3 is 0 Å². The van der Waals surface area contributed by atoms with Crippen molar-refractivity contribution in [3.8, 4) is 33.9 Å². The molecule has 0 N–H and O–H groups in total. The SMILES string of the molecule is CCn1c(-c2c(F)cc(F)cc2F)c(-n2cc(Cl)cn2)ccc1=O.CCn1c(-c2c(F)cc(F)cc2F)c(-n2cccn2)ccc1=O. The first-order valence-corrected chi connectivity index (χ1v) is 14.3. The zero-order valence-electron chi connectivity index (χ0n) is 24.6. The van der Waals surface area contributed by atoms with Crippen LogP contribution in [-0.4, -0.2) is 28.7 Å². The molecule has 242 valence electrons. The van der Waals surface area contributed by atoms with E-state index >= 15 is 0 Å². The summed E-state index contributed by atoms with van der Waals surface area (Å²) >= 11 is 5.85. The number of rotatable bonds is 6. The first-order chi connectivity index (χ1) is 22.4. The third-order valence-electron chi connectivity index (χ3n) is 6.99. The van der Waals surface area contributed by atoms with Gasteiger partial charge in [-0.2, -0.15) is 10.2 Å². The molecule has 0 atom stereocenters. The average Bonchev–Trinajstić information content (AvgIpc) is 3.69. The Balaban J connectivity index is 0.000000185. The second-order valence-corrected chi connectivity index (χ2v) is 10.3. The molecule has 2 aromatic carbocycles. The van der Waals surface area contributed by atoms with E-state index in [4.69, 9.17) is 11.6 Å². The van der Waals surface area contributed by atoms with Crippen LogP contribution in [0.2, 0.25) is 5.02 Å². The Bertz CT molecular complexity index is 2170. The predicted molar refractivity (Wildman–Crippen MR) is 163 cm³/mol. The van der Waals surface area contributed by atoms with Crippen LogP contribution >= 0.6 is 11.6 Å². The molecule has 0 radical (unpaired) electrons. The molecule has 8 nitrogen and oxygen atoms in total. The number of hydrogen-bond acceptors (Lipinski definition) is 4. The summed E-state index contributed by atoms with van der Waals surface area (Å²) in [6, 6.07) is 9.31. The van der Waals surface area contributed by atoms with Crippen LogP contribution in [0.25, 0.3) is 33.9 Å². The Morgan fingerprint density at radius 2 is 1.11 bits per heavy atom. The third kappa shape index (κ3) is 6.49. The third-order valence-corrected chi connectivity index (χ3v) is 7.19. The highest BCUT2D eigenvalue weighted by molar-refractivity contribution is 6.30. The lowest BCUT2D eigenvalue weighted by molar-refractivity contribution is 0.543. The molecule has 0 aliphatic carbocycles. The molecule has 0 fully saturated rings. The number of halogens is 7. The van der Waals surface area contributed by atoms with Crippen molar-refractivity contribution in [2.24, 2.45) is 0 Å². The van der Waals surface area contributed by atoms with Crippen molar-refractivity contribution in [1.29, 1.82) is 0 Å². The van der Waals surface area contributed by atoms with Gasteiger partial charge in [0, 0.05) is 68.1 Å². The topological polar surface area (TPSA) is 79.6 Å². The van der Waals surface area contributed by atoms with E-state index < -0.39 is 57.1 Å². The van der Waals surface area contributed by atoms with Gasteiger partial charge in [0.05, 0.1) is 45.1 Å². The molecule has 0 aliphatic heterocycles. The van der Waals surface area contributed by atoms with Crippen molar-refractivity contribution in [3.63, 3.8) is 0 Å². The fourth-order valence-corrected chi connectivity index (χ4v) is 5.18. The van der Waals surface area contributed by atoms with Gasteiger partial charge in [0.15, 0.2) is 0 Å². The summed E-state index contributed by atoms with van der Waals surface area (Å²) in [5.74, 6) is -6.45. The number of nitrogens with zero attached hydrogens (tertiary/aromatic N) is 6. The van der Waals surface area contributed by atoms with Gasteiger partial charge in [-0.1, -0.05) is 11.6 Å². The Morgan fingerprint density at radius 3 is 1.47 bits per heavy atom. The summed E-state index contributed by atoms with van der Waals surface area (Å²) < 4.78 is 88.6. The maximum atomic E-state index is 14.3. The Labute approximate surface area is 267 Å². The van der Waals surface area contributed by atoms with E-state index in [2.05, 4.69) is 10.2 Å². The van der Waals surface area contributed by atoms with Crippen LogP contribution in [0.5, 0.6) is 0 Å². The van der Waals surface area contributed by atoms with Crippen LogP contribution < -0.4 is 11.1 Å². The second-order valence-electron chi connectivity index (χ2n) is 9.84. The van der Waals surface area contributed by atoms with E-state index in [1.807, 2.05) is 0 Å². The summed E-state index contributed by atoms with van der Waals surface area (Å²) in [7, 11) is 0. The highest BCUT2D eigenvalue weighted by Gasteiger charge is 2.23. The molecule has 0 saturated carbocycles. The molecule has 47 heavy (non-hydrogen) atoms. The van der Waals surface area contributed by atoms with E-state index in [0.29, 0.717) is 35.0 Å². The maximum Gasteiger partial charge on any atom is 0.251 e. The van der Waals surface area contributed by atoms with Gasteiger partial charge in [-0.05, 0) is 32.0 Å². The minimum absolute atomic E-state index is 0.0127. The first kappa shape index (κ1) is 33.0. The first-order valence-electron chi connectivity index (χ1n) is 13.9. The lowest BCUT2D eigenvalue weighted by atomic mass is 10.1. The number of hydrogen-bond donors (Lipinski definition) is 0. The normalized spacial score (nSPS) is 11.0.